The molecule has 1 aliphatic heterocycles. The third kappa shape index (κ3) is 4.30. The molecule has 1 unspecified atom stereocenters. The second-order valence-corrected chi connectivity index (χ2v) is 9.24. The molecule has 2 aromatic heterocycles. The maximum atomic E-state index is 12.9. The van der Waals surface area contributed by atoms with Gasteiger partial charge in [0.2, 0.25) is 12.0 Å². The molecule has 3 aromatic rings. The number of hydrogen-bond donors (Lipinski definition) is 2. The monoisotopic (exact) mass is 474 g/mol. The normalized spacial score (nSPS) is 14.9. The van der Waals surface area contributed by atoms with E-state index in [-0.39, 0.29) is 17.9 Å². The van der Waals surface area contributed by atoms with E-state index in [1.54, 1.807) is 22.8 Å². The number of aromatic nitrogens is 2. The summed E-state index contributed by atoms with van der Waals surface area (Å²) in [6.07, 6.45) is -0.877. The van der Waals surface area contributed by atoms with Crippen molar-refractivity contribution >= 4 is 45.1 Å². The molecule has 2 amide bonds. The number of nitrogens with zero attached hydrogens (tertiary/aromatic N) is 2. The second kappa shape index (κ2) is 9.21. The maximum absolute atomic E-state index is 12.9. The number of aryl methyl sites for hydroxylation is 2. The molecule has 0 aliphatic carbocycles. The van der Waals surface area contributed by atoms with Crippen molar-refractivity contribution in [2.24, 2.45) is 0 Å². The van der Waals surface area contributed by atoms with Crippen LogP contribution in [0.4, 0.5) is 0 Å². The number of nitrogens with one attached hydrogen (secondary N) is 2. The van der Waals surface area contributed by atoms with E-state index < -0.39 is 17.9 Å². The average Bonchev–Trinajstić information content (AvgIpc) is 3.09. The lowest BCUT2D eigenvalue weighted by atomic mass is 10.2. The Bertz CT molecular complexity index is 1250. The number of carbonyl (C=O) groups is 2. The van der Waals surface area contributed by atoms with Crippen LogP contribution in [0.3, 0.4) is 0 Å². The first-order valence-electron chi connectivity index (χ1n) is 9.99. The van der Waals surface area contributed by atoms with Crippen LogP contribution in [0.1, 0.15) is 17.4 Å². The van der Waals surface area contributed by atoms with E-state index in [2.05, 4.69) is 15.8 Å². The average molecular weight is 475 g/mol. The molecule has 0 saturated carbocycles. The molecule has 1 aliphatic rings. The molecule has 0 saturated heterocycles. The second-order valence-electron chi connectivity index (χ2n) is 7.10. The molecule has 0 bridgehead atoms. The summed E-state index contributed by atoms with van der Waals surface area (Å²) in [6, 6.07) is 7.05. The fourth-order valence-corrected chi connectivity index (χ4v) is 5.16. The molecule has 1 aromatic carbocycles. The highest BCUT2D eigenvalue weighted by Gasteiger charge is 2.27. The Balaban J connectivity index is 1.36. The quantitative estimate of drug-likeness (QED) is 0.331. The highest BCUT2D eigenvalue weighted by Crippen LogP contribution is 2.31. The Hall–Kier alpha value is -3.05. The zero-order valence-electron chi connectivity index (χ0n) is 17.8. The van der Waals surface area contributed by atoms with Gasteiger partial charge < -0.3 is 9.47 Å². The third-order valence-corrected chi connectivity index (χ3v) is 7.11. The minimum absolute atomic E-state index is 0.0214. The number of rotatable bonds is 5. The smallest absolute Gasteiger partial charge is 0.283 e. The van der Waals surface area contributed by atoms with Crippen LogP contribution >= 0.6 is 23.1 Å². The minimum Gasteiger partial charge on any atom is -0.485 e. The summed E-state index contributed by atoms with van der Waals surface area (Å²) >= 11 is 2.61. The number of fused-ring (bicyclic) bond motifs is 2. The van der Waals surface area contributed by atoms with Gasteiger partial charge in [-0.25, -0.2) is 4.98 Å². The van der Waals surface area contributed by atoms with Crippen LogP contribution in [0.2, 0.25) is 0 Å². The Morgan fingerprint density at radius 3 is 2.75 bits per heavy atom. The molecule has 0 radical (unpaired) electrons. The number of benzene rings is 1. The van der Waals surface area contributed by atoms with Gasteiger partial charge in [-0.3, -0.25) is 29.8 Å². The van der Waals surface area contributed by atoms with Gasteiger partial charge in [-0.1, -0.05) is 23.9 Å². The van der Waals surface area contributed by atoms with E-state index in [1.165, 1.54) is 11.3 Å². The van der Waals surface area contributed by atoms with Crippen molar-refractivity contribution in [3.8, 4) is 11.5 Å². The van der Waals surface area contributed by atoms with Gasteiger partial charge in [0.25, 0.3) is 11.5 Å². The lowest BCUT2D eigenvalue weighted by Gasteiger charge is -2.25. The SMILES string of the molecule is CCn1c(SCC(=O)NNC(=O)C2COc3ccccc3O2)nc2sc(C)c(C)c2c1=O. The van der Waals surface area contributed by atoms with E-state index in [0.29, 0.717) is 33.4 Å². The number of thioether (sulfide) groups is 1. The summed E-state index contributed by atoms with van der Waals surface area (Å²) in [5.74, 6) is 0.0636. The molecule has 32 heavy (non-hydrogen) atoms. The number of para-hydroxylation sites is 2. The van der Waals surface area contributed by atoms with Gasteiger partial charge in [0, 0.05) is 11.4 Å². The summed E-state index contributed by atoms with van der Waals surface area (Å²) in [6.45, 7) is 6.22. The van der Waals surface area contributed by atoms with Gasteiger partial charge in [0.05, 0.1) is 11.1 Å². The molecule has 11 heteroatoms. The maximum Gasteiger partial charge on any atom is 0.283 e. The van der Waals surface area contributed by atoms with Gasteiger partial charge in [-0.05, 0) is 38.5 Å². The fraction of sp³-hybridized carbons (Fsp3) is 0.333. The molecule has 0 spiro atoms. The molecule has 1 atom stereocenters. The van der Waals surface area contributed by atoms with Crippen molar-refractivity contribution < 1.29 is 19.1 Å². The van der Waals surface area contributed by atoms with Gasteiger partial charge >= 0.3 is 0 Å². The van der Waals surface area contributed by atoms with E-state index in [9.17, 15) is 14.4 Å². The Morgan fingerprint density at radius 1 is 1.25 bits per heavy atom. The van der Waals surface area contributed by atoms with Crippen molar-refractivity contribution in [3.05, 3.63) is 45.1 Å². The first-order chi connectivity index (χ1) is 15.4. The van der Waals surface area contributed by atoms with Crippen LogP contribution in [0.5, 0.6) is 11.5 Å². The van der Waals surface area contributed by atoms with Gasteiger partial charge in [0.15, 0.2) is 16.7 Å². The molecule has 9 nitrogen and oxygen atoms in total. The first-order valence-corrected chi connectivity index (χ1v) is 11.8. The predicted molar refractivity (Wildman–Crippen MR) is 122 cm³/mol. The van der Waals surface area contributed by atoms with Crippen LogP contribution in [0.25, 0.3) is 10.2 Å². The largest absolute Gasteiger partial charge is 0.485 e. The van der Waals surface area contributed by atoms with Crippen molar-refractivity contribution in [2.75, 3.05) is 12.4 Å². The van der Waals surface area contributed by atoms with Crippen LogP contribution in [-0.2, 0) is 16.1 Å². The van der Waals surface area contributed by atoms with Crippen molar-refractivity contribution in [2.45, 2.75) is 38.6 Å². The van der Waals surface area contributed by atoms with E-state index >= 15 is 0 Å². The standard InChI is InChI=1S/C21H22N4O5S2/c1-4-25-20(28)17-11(2)12(3)32-19(17)22-21(25)31-10-16(26)23-24-18(27)15-9-29-13-7-5-6-8-14(13)30-15/h5-8,15H,4,9-10H2,1-3H3,(H,23,26)(H,24,27). The molecular formula is C21H22N4O5S2. The molecule has 0 fully saturated rings. The molecular weight excluding hydrogens is 452 g/mol. The molecule has 3 heterocycles. The van der Waals surface area contributed by atoms with Crippen molar-refractivity contribution in [3.63, 3.8) is 0 Å². The van der Waals surface area contributed by atoms with Crippen LogP contribution < -0.4 is 25.9 Å². The summed E-state index contributed by atoms with van der Waals surface area (Å²) in [4.78, 5) is 43.8. The Kier molecular flexibility index (Phi) is 6.38. The lowest BCUT2D eigenvalue weighted by molar-refractivity contribution is -0.134. The fourth-order valence-electron chi connectivity index (χ4n) is 3.22. The summed E-state index contributed by atoms with van der Waals surface area (Å²) < 4.78 is 12.7. The number of carbonyl (C=O) groups excluding carboxylic acids is 2. The van der Waals surface area contributed by atoms with E-state index in [4.69, 9.17) is 9.47 Å². The summed E-state index contributed by atoms with van der Waals surface area (Å²) in [7, 11) is 0. The Morgan fingerprint density at radius 2 is 2.00 bits per heavy atom. The van der Waals surface area contributed by atoms with Crippen LogP contribution in [-0.4, -0.2) is 39.8 Å². The van der Waals surface area contributed by atoms with Gasteiger partial charge in [0.1, 0.15) is 11.4 Å². The van der Waals surface area contributed by atoms with Gasteiger partial charge in [-0.2, -0.15) is 0 Å². The summed E-state index contributed by atoms with van der Waals surface area (Å²) in [5.41, 5.74) is 5.56. The van der Waals surface area contributed by atoms with Crippen molar-refractivity contribution in [1.29, 1.82) is 0 Å². The minimum atomic E-state index is -0.877. The van der Waals surface area contributed by atoms with E-state index in [0.717, 1.165) is 22.2 Å². The lowest BCUT2D eigenvalue weighted by Crippen LogP contribution is -2.51. The number of hydrogen-bond acceptors (Lipinski definition) is 8. The zero-order chi connectivity index (χ0) is 22.8. The van der Waals surface area contributed by atoms with Gasteiger partial charge in [-0.15, -0.1) is 11.3 Å². The molecule has 2 N–H and O–H groups in total. The number of amides is 2. The number of thiophene rings is 1. The zero-order valence-corrected chi connectivity index (χ0v) is 19.4. The third-order valence-electron chi connectivity index (χ3n) is 5.03. The summed E-state index contributed by atoms with van der Waals surface area (Å²) in [5, 5.41) is 1.10. The number of ether oxygens (including phenoxy) is 2. The Labute approximate surface area is 192 Å². The van der Waals surface area contributed by atoms with Crippen molar-refractivity contribution in [1.82, 2.24) is 20.4 Å². The van der Waals surface area contributed by atoms with Crippen LogP contribution in [0, 0.1) is 13.8 Å². The van der Waals surface area contributed by atoms with E-state index in [1.807, 2.05) is 26.8 Å². The first kappa shape index (κ1) is 22.2. The number of hydrazine groups is 1. The highest BCUT2D eigenvalue weighted by molar-refractivity contribution is 7.99. The topological polar surface area (TPSA) is 112 Å². The predicted octanol–water partition coefficient (Wildman–Crippen LogP) is 2.17. The highest BCUT2D eigenvalue weighted by atomic mass is 32.2. The molecule has 168 valence electrons. The molecule has 4 rings (SSSR count). The van der Waals surface area contributed by atoms with Crippen LogP contribution in [0.15, 0.2) is 34.2 Å².